The summed E-state index contributed by atoms with van der Waals surface area (Å²) in [7, 11) is 0. The maximum absolute atomic E-state index is 6.92. The van der Waals surface area contributed by atoms with Crippen molar-refractivity contribution < 1.29 is 0 Å². The van der Waals surface area contributed by atoms with Crippen molar-refractivity contribution in [3.05, 3.63) is 156 Å². The maximum Gasteiger partial charge on any atom is 0.302 e. The summed E-state index contributed by atoms with van der Waals surface area (Å²) in [6.07, 6.45) is -0.268. The maximum atomic E-state index is 6.92. The first-order valence-electron chi connectivity index (χ1n) is 10.1. The van der Waals surface area contributed by atoms with E-state index in [1.54, 1.807) is 0 Å². The van der Waals surface area contributed by atoms with E-state index in [4.69, 9.17) is 11.5 Å². The smallest absolute Gasteiger partial charge is 0.183 e. The highest BCUT2D eigenvalue weighted by molar-refractivity contribution is 7.13. The third-order valence-corrected chi connectivity index (χ3v) is 5.24. The highest BCUT2D eigenvalue weighted by Crippen LogP contribution is 2.27. The molecule has 0 aliphatic heterocycles. The first-order valence-corrected chi connectivity index (χ1v) is 10.5. The fourth-order valence-electron chi connectivity index (χ4n) is 3.56. The number of hydrogen-bond donors (Lipinski definition) is 0. The standard InChI is InChI=1S/C28H22BCl/c30-29(21-27(23-13-5-1-6-14-23)24-15-7-2-8-16-24)22-28(25-17-9-3-10-18-25)26-19-11-4-12-20-26/h1-22H. The van der Waals surface area contributed by atoms with Crippen LogP contribution in [0.1, 0.15) is 22.3 Å². The number of benzene rings is 4. The molecule has 0 nitrogen and oxygen atoms in total. The van der Waals surface area contributed by atoms with Crippen molar-refractivity contribution in [3.8, 4) is 0 Å². The Morgan fingerprint density at radius 3 is 0.900 bits per heavy atom. The molecule has 0 N–H and O–H groups in total. The fraction of sp³-hybridized carbons (Fsp3) is 0. The van der Waals surface area contributed by atoms with E-state index in [1.807, 2.05) is 24.3 Å². The molecule has 0 heterocycles. The molecule has 0 saturated heterocycles. The monoisotopic (exact) mass is 404 g/mol. The molecule has 4 aromatic carbocycles. The van der Waals surface area contributed by atoms with E-state index in [2.05, 4.69) is 109 Å². The SMILES string of the molecule is ClB(C=C(c1ccccc1)c1ccccc1)C=C(c1ccccc1)c1ccccc1. The lowest BCUT2D eigenvalue weighted by Gasteiger charge is -2.12. The van der Waals surface area contributed by atoms with E-state index in [0.29, 0.717) is 0 Å². The van der Waals surface area contributed by atoms with Crippen LogP contribution in [0, 0.1) is 0 Å². The van der Waals surface area contributed by atoms with Gasteiger partial charge < -0.3 is 0 Å². The molecule has 0 bridgehead atoms. The molecule has 0 aliphatic rings. The average molecular weight is 405 g/mol. The van der Waals surface area contributed by atoms with Gasteiger partial charge in [-0.1, -0.05) is 133 Å². The molecule has 30 heavy (non-hydrogen) atoms. The topological polar surface area (TPSA) is 0 Å². The molecule has 0 aliphatic carbocycles. The van der Waals surface area contributed by atoms with Gasteiger partial charge in [0.05, 0.1) is 0 Å². The number of rotatable bonds is 6. The Labute approximate surface area is 184 Å². The Kier molecular flexibility index (Phi) is 6.64. The van der Waals surface area contributed by atoms with Gasteiger partial charge in [0.25, 0.3) is 0 Å². The van der Waals surface area contributed by atoms with Crippen molar-refractivity contribution in [1.82, 2.24) is 0 Å². The van der Waals surface area contributed by atoms with Crippen LogP contribution in [0.15, 0.2) is 133 Å². The minimum Gasteiger partial charge on any atom is -0.183 e. The zero-order chi connectivity index (χ0) is 20.6. The summed E-state index contributed by atoms with van der Waals surface area (Å²) >= 11 is 6.92. The van der Waals surface area contributed by atoms with Gasteiger partial charge in [-0.3, -0.25) is 0 Å². The second kappa shape index (κ2) is 9.96. The molecule has 0 unspecified atom stereocenters. The third kappa shape index (κ3) is 5.00. The number of hydrogen-bond acceptors (Lipinski definition) is 0. The predicted molar refractivity (Wildman–Crippen MR) is 132 cm³/mol. The third-order valence-electron chi connectivity index (χ3n) is 4.99. The molecule has 2 heteroatoms. The minimum atomic E-state index is -0.268. The Bertz CT molecular complexity index is 942. The van der Waals surface area contributed by atoms with Crippen LogP contribution in [-0.4, -0.2) is 6.13 Å². The van der Waals surface area contributed by atoms with Gasteiger partial charge in [0, 0.05) is 0 Å². The Hall–Kier alpha value is -3.29. The first kappa shape index (κ1) is 20.0. The lowest BCUT2D eigenvalue weighted by molar-refractivity contribution is 1.55. The summed E-state index contributed by atoms with van der Waals surface area (Å²) in [5, 5.41) is 0. The summed E-state index contributed by atoms with van der Waals surface area (Å²) < 4.78 is 0. The van der Waals surface area contributed by atoms with Crippen LogP contribution in [0.25, 0.3) is 11.1 Å². The van der Waals surface area contributed by atoms with Crippen LogP contribution >= 0.6 is 11.5 Å². The average Bonchev–Trinajstić information content (AvgIpc) is 2.83. The van der Waals surface area contributed by atoms with Crippen molar-refractivity contribution in [1.29, 1.82) is 0 Å². The largest absolute Gasteiger partial charge is 0.302 e. The second-order valence-electron chi connectivity index (χ2n) is 7.07. The summed E-state index contributed by atoms with van der Waals surface area (Å²) in [5.41, 5.74) is 6.89. The Balaban J connectivity index is 1.79. The molecule has 0 fully saturated rings. The van der Waals surface area contributed by atoms with Crippen LogP contribution in [0.4, 0.5) is 0 Å². The van der Waals surface area contributed by atoms with Crippen LogP contribution in [0.2, 0.25) is 0 Å². The molecule has 0 aromatic heterocycles. The molecule has 0 saturated carbocycles. The van der Waals surface area contributed by atoms with E-state index >= 15 is 0 Å². The van der Waals surface area contributed by atoms with Gasteiger partial charge >= 0.3 is 6.13 Å². The van der Waals surface area contributed by atoms with E-state index in [-0.39, 0.29) is 6.13 Å². The molecule has 4 aromatic rings. The minimum absolute atomic E-state index is 0.268. The van der Waals surface area contributed by atoms with E-state index < -0.39 is 0 Å². The molecular weight excluding hydrogens is 383 g/mol. The summed E-state index contributed by atoms with van der Waals surface area (Å²) in [5.74, 6) is 4.27. The van der Waals surface area contributed by atoms with Crippen molar-refractivity contribution in [2.45, 2.75) is 0 Å². The van der Waals surface area contributed by atoms with Crippen LogP contribution in [0.3, 0.4) is 0 Å². The molecule has 0 radical (unpaired) electrons. The summed E-state index contributed by atoms with van der Waals surface area (Å²) in [6, 6.07) is 41.6. The van der Waals surface area contributed by atoms with Crippen molar-refractivity contribution in [2.75, 3.05) is 0 Å². The van der Waals surface area contributed by atoms with Gasteiger partial charge in [0.2, 0.25) is 0 Å². The van der Waals surface area contributed by atoms with Gasteiger partial charge in [-0.2, -0.15) is 11.5 Å². The van der Waals surface area contributed by atoms with Crippen LogP contribution in [0.5, 0.6) is 0 Å². The van der Waals surface area contributed by atoms with Gasteiger partial charge in [0.1, 0.15) is 0 Å². The molecule has 0 spiro atoms. The van der Waals surface area contributed by atoms with E-state index in [0.717, 1.165) is 33.4 Å². The van der Waals surface area contributed by atoms with Crippen molar-refractivity contribution >= 4 is 28.7 Å². The van der Waals surface area contributed by atoms with Crippen molar-refractivity contribution in [2.24, 2.45) is 0 Å². The summed E-state index contributed by atoms with van der Waals surface area (Å²) in [6.45, 7) is 0. The normalized spacial score (nSPS) is 10.2. The second-order valence-corrected chi connectivity index (χ2v) is 7.57. The Morgan fingerprint density at radius 2 is 0.667 bits per heavy atom. The predicted octanol–water partition coefficient (Wildman–Crippen LogP) is 7.56. The molecule has 144 valence electrons. The summed E-state index contributed by atoms with van der Waals surface area (Å²) in [4.78, 5) is 0. The molecule has 0 amide bonds. The highest BCUT2D eigenvalue weighted by atomic mass is 35.5. The lowest BCUT2D eigenvalue weighted by atomic mass is 9.70. The zero-order valence-corrected chi connectivity index (χ0v) is 17.4. The van der Waals surface area contributed by atoms with Gasteiger partial charge in [-0.25, -0.2) is 0 Å². The molecule has 4 rings (SSSR count). The lowest BCUT2D eigenvalue weighted by Crippen LogP contribution is -2.02. The number of halogens is 1. The van der Waals surface area contributed by atoms with E-state index in [9.17, 15) is 0 Å². The van der Waals surface area contributed by atoms with Gasteiger partial charge in [-0.15, -0.1) is 0 Å². The van der Waals surface area contributed by atoms with Crippen LogP contribution in [-0.2, 0) is 0 Å². The first-order chi connectivity index (χ1) is 14.8. The zero-order valence-electron chi connectivity index (χ0n) is 16.7. The van der Waals surface area contributed by atoms with Gasteiger partial charge in [-0.05, 0) is 33.4 Å². The molecule has 0 atom stereocenters. The van der Waals surface area contributed by atoms with E-state index in [1.165, 1.54) is 0 Å². The van der Waals surface area contributed by atoms with Crippen LogP contribution < -0.4 is 0 Å². The van der Waals surface area contributed by atoms with Crippen molar-refractivity contribution in [3.63, 3.8) is 0 Å². The Morgan fingerprint density at radius 1 is 0.433 bits per heavy atom. The quantitative estimate of drug-likeness (QED) is 0.291. The molecular formula is C28H22BCl. The fourth-order valence-corrected chi connectivity index (χ4v) is 3.81. The van der Waals surface area contributed by atoms with Gasteiger partial charge in [0.15, 0.2) is 0 Å². The highest BCUT2D eigenvalue weighted by Gasteiger charge is 2.13.